The van der Waals surface area contributed by atoms with Crippen molar-refractivity contribution in [2.24, 2.45) is 0 Å². The maximum absolute atomic E-state index is 13.1. The van der Waals surface area contributed by atoms with E-state index < -0.39 is 0 Å². The molecule has 1 N–H and O–H groups in total. The maximum atomic E-state index is 13.1. The second-order valence-electron chi connectivity index (χ2n) is 7.29. The zero-order valence-corrected chi connectivity index (χ0v) is 15.2. The van der Waals surface area contributed by atoms with Gasteiger partial charge in [-0.15, -0.1) is 0 Å². The van der Waals surface area contributed by atoms with Gasteiger partial charge in [-0.25, -0.2) is 4.39 Å². The summed E-state index contributed by atoms with van der Waals surface area (Å²) in [6, 6.07) is 6.94. The smallest absolute Gasteiger partial charge is 0.221 e. The fourth-order valence-electron chi connectivity index (χ4n) is 4.11. The second-order valence-corrected chi connectivity index (χ2v) is 7.29. The molecule has 2 atom stereocenters. The SMILES string of the molecule is CCN1CCN(CCC(=O)N[C@@H]2CCC[C@H]2c2ccc(F)cc2)CC1. The molecule has 1 amide bonds. The number of carbonyl (C=O) groups excluding carboxylic acids is 1. The van der Waals surface area contributed by atoms with Gasteiger partial charge < -0.3 is 15.1 Å². The molecule has 1 aliphatic carbocycles. The average Bonchev–Trinajstić information content (AvgIpc) is 3.09. The predicted molar refractivity (Wildman–Crippen MR) is 98.1 cm³/mol. The van der Waals surface area contributed by atoms with Crippen LogP contribution < -0.4 is 5.32 Å². The molecule has 0 radical (unpaired) electrons. The molecule has 4 nitrogen and oxygen atoms in total. The molecule has 0 spiro atoms. The minimum absolute atomic E-state index is 0.150. The van der Waals surface area contributed by atoms with E-state index in [-0.39, 0.29) is 17.8 Å². The van der Waals surface area contributed by atoms with Crippen LogP contribution in [0.5, 0.6) is 0 Å². The molecule has 0 aromatic heterocycles. The first-order valence-electron chi connectivity index (χ1n) is 9.65. The van der Waals surface area contributed by atoms with Crippen molar-refractivity contribution >= 4 is 5.91 Å². The molecule has 1 saturated carbocycles. The fraction of sp³-hybridized carbons (Fsp3) is 0.650. The van der Waals surface area contributed by atoms with E-state index in [1.807, 2.05) is 12.1 Å². The van der Waals surface area contributed by atoms with Gasteiger partial charge in [-0.05, 0) is 37.1 Å². The molecule has 1 heterocycles. The molecule has 0 bridgehead atoms. The predicted octanol–water partition coefficient (Wildman–Crippen LogP) is 2.61. The van der Waals surface area contributed by atoms with Gasteiger partial charge in [-0.2, -0.15) is 0 Å². The largest absolute Gasteiger partial charge is 0.353 e. The zero-order chi connectivity index (χ0) is 17.6. The molecule has 1 aliphatic heterocycles. The number of carbonyl (C=O) groups is 1. The van der Waals surface area contributed by atoms with Gasteiger partial charge in [0, 0.05) is 51.1 Å². The van der Waals surface area contributed by atoms with E-state index in [9.17, 15) is 9.18 Å². The van der Waals surface area contributed by atoms with Crippen molar-refractivity contribution in [1.82, 2.24) is 15.1 Å². The van der Waals surface area contributed by atoms with E-state index in [0.717, 1.165) is 64.1 Å². The van der Waals surface area contributed by atoms with Crippen molar-refractivity contribution in [3.05, 3.63) is 35.6 Å². The van der Waals surface area contributed by atoms with Crippen LogP contribution >= 0.6 is 0 Å². The van der Waals surface area contributed by atoms with Crippen LogP contribution in [0.1, 0.15) is 44.1 Å². The van der Waals surface area contributed by atoms with Crippen molar-refractivity contribution in [3.63, 3.8) is 0 Å². The Kier molecular flexibility index (Phi) is 6.43. The molecule has 2 fully saturated rings. The van der Waals surface area contributed by atoms with Crippen molar-refractivity contribution in [1.29, 1.82) is 0 Å². The number of rotatable bonds is 6. The molecule has 25 heavy (non-hydrogen) atoms. The summed E-state index contributed by atoms with van der Waals surface area (Å²) in [5.41, 5.74) is 1.14. The van der Waals surface area contributed by atoms with Gasteiger partial charge in [0.15, 0.2) is 0 Å². The highest BCUT2D eigenvalue weighted by Crippen LogP contribution is 2.34. The van der Waals surface area contributed by atoms with Gasteiger partial charge in [-0.3, -0.25) is 4.79 Å². The standard InChI is InChI=1S/C20H30FN3O/c1-2-23-12-14-24(15-13-23)11-10-20(25)22-19-5-3-4-18(19)16-6-8-17(21)9-7-16/h6-9,18-19H,2-5,10-15H2,1H3,(H,22,25)/t18-,19+/m0/s1. The highest BCUT2D eigenvalue weighted by molar-refractivity contribution is 5.76. The Bertz CT molecular complexity index is 555. The number of likely N-dealkylation sites (N-methyl/N-ethyl adjacent to an activating group) is 1. The Morgan fingerprint density at radius 2 is 1.80 bits per heavy atom. The Hall–Kier alpha value is -1.46. The monoisotopic (exact) mass is 347 g/mol. The number of benzene rings is 1. The summed E-state index contributed by atoms with van der Waals surface area (Å²) in [6.45, 7) is 8.48. The molecule has 138 valence electrons. The summed E-state index contributed by atoms with van der Waals surface area (Å²) in [6.07, 6.45) is 3.77. The van der Waals surface area contributed by atoms with Gasteiger partial charge in [-0.1, -0.05) is 25.5 Å². The molecular formula is C20H30FN3O. The van der Waals surface area contributed by atoms with E-state index in [4.69, 9.17) is 0 Å². The molecule has 1 aromatic carbocycles. The summed E-state index contributed by atoms with van der Waals surface area (Å²) in [4.78, 5) is 17.2. The number of nitrogens with zero attached hydrogens (tertiary/aromatic N) is 2. The number of hydrogen-bond donors (Lipinski definition) is 1. The molecular weight excluding hydrogens is 317 g/mol. The molecule has 1 aromatic rings. The van der Waals surface area contributed by atoms with Crippen molar-refractivity contribution in [3.8, 4) is 0 Å². The lowest BCUT2D eigenvalue weighted by Gasteiger charge is -2.34. The lowest BCUT2D eigenvalue weighted by atomic mass is 9.94. The van der Waals surface area contributed by atoms with Crippen LogP contribution in [-0.4, -0.2) is 61.0 Å². The number of halogens is 1. The maximum Gasteiger partial charge on any atom is 0.221 e. The van der Waals surface area contributed by atoms with Crippen LogP contribution in [-0.2, 0) is 4.79 Å². The Morgan fingerprint density at radius 3 is 2.48 bits per heavy atom. The van der Waals surface area contributed by atoms with E-state index in [1.54, 1.807) is 0 Å². The van der Waals surface area contributed by atoms with Crippen LogP contribution in [0, 0.1) is 5.82 Å². The van der Waals surface area contributed by atoms with Gasteiger partial charge in [0.1, 0.15) is 5.82 Å². The molecule has 0 unspecified atom stereocenters. The van der Waals surface area contributed by atoms with Crippen LogP contribution in [0.4, 0.5) is 4.39 Å². The quantitative estimate of drug-likeness (QED) is 0.859. The van der Waals surface area contributed by atoms with Crippen LogP contribution in [0.2, 0.25) is 0 Å². The third-order valence-electron chi connectivity index (χ3n) is 5.73. The number of nitrogens with one attached hydrogen (secondary N) is 1. The first-order chi connectivity index (χ1) is 12.2. The normalized spacial score (nSPS) is 25.2. The van der Waals surface area contributed by atoms with Crippen molar-refractivity contribution in [2.45, 2.75) is 44.6 Å². The summed E-state index contributed by atoms with van der Waals surface area (Å²) in [5, 5.41) is 3.23. The molecule has 1 saturated heterocycles. The number of hydrogen-bond acceptors (Lipinski definition) is 3. The van der Waals surface area contributed by atoms with Gasteiger partial charge in [0.25, 0.3) is 0 Å². The zero-order valence-electron chi connectivity index (χ0n) is 15.2. The van der Waals surface area contributed by atoms with E-state index in [1.165, 1.54) is 12.1 Å². The highest BCUT2D eigenvalue weighted by Gasteiger charge is 2.29. The number of piperazine rings is 1. The first-order valence-corrected chi connectivity index (χ1v) is 9.65. The summed E-state index contributed by atoms with van der Waals surface area (Å²) < 4.78 is 13.1. The first kappa shape index (κ1) is 18.3. The minimum Gasteiger partial charge on any atom is -0.353 e. The van der Waals surface area contributed by atoms with Crippen LogP contribution in [0.15, 0.2) is 24.3 Å². The Labute approximate surface area is 150 Å². The molecule has 5 heteroatoms. The van der Waals surface area contributed by atoms with Crippen LogP contribution in [0.25, 0.3) is 0 Å². The second kappa shape index (κ2) is 8.77. The van der Waals surface area contributed by atoms with Gasteiger partial charge >= 0.3 is 0 Å². The van der Waals surface area contributed by atoms with Crippen molar-refractivity contribution in [2.75, 3.05) is 39.3 Å². The van der Waals surface area contributed by atoms with E-state index >= 15 is 0 Å². The minimum atomic E-state index is -0.203. The van der Waals surface area contributed by atoms with Crippen LogP contribution in [0.3, 0.4) is 0 Å². The lowest BCUT2D eigenvalue weighted by Crippen LogP contribution is -2.47. The topological polar surface area (TPSA) is 35.6 Å². The molecule has 3 rings (SSSR count). The highest BCUT2D eigenvalue weighted by atomic mass is 19.1. The summed E-state index contributed by atoms with van der Waals surface area (Å²) in [5.74, 6) is 0.264. The van der Waals surface area contributed by atoms with E-state index in [0.29, 0.717) is 12.3 Å². The molecule has 2 aliphatic rings. The summed E-state index contributed by atoms with van der Waals surface area (Å²) in [7, 11) is 0. The fourth-order valence-corrected chi connectivity index (χ4v) is 4.11. The number of amides is 1. The van der Waals surface area contributed by atoms with Crippen molar-refractivity contribution < 1.29 is 9.18 Å². The summed E-state index contributed by atoms with van der Waals surface area (Å²) >= 11 is 0. The average molecular weight is 347 g/mol. The van der Waals surface area contributed by atoms with Gasteiger partial charge in [0.2, 0.25) is 5.91 Å². The Balaban J connectivity index is 1.45. The Morgan fingerprint density at radius 1 is 1.12 bits per heavy atom. The van der Waals surface area contributed by atoms with Gasteiger partial charge in [0.05, 0.1) is 0 Å². The lowest BCUT2D eigenvalue weighted by molar-refractivity contribution is -0.122. The third kappa shape index (κ3) is 5.02. The third-order valence-corrected chi connectivity index (χ3v) is 5.73. The van der Waals surface area contributed by atoms with E-state index in [2.05, 4.69) is 22.0 Å².